The van der Waals surface area contributed by atoms with Gasteiger partial charge in [0.2, 0.25) is 0 Å². The summed E-state index contributed by atoms with van der Waals surface area (Å²) in [6.45, 7) is 11.0. The molecule has 3 aromatic heterocycles. The number of hydrogen-bond donors (Lipinski definition) is 1. The summed E-state index contributed by atoms with van der Waals surface area (Å²) in [7, 11) is 0. The zero-order valence-electron chi connectivity index (χ0n) is 26.8. The number of thiophene rings is 1. The number of piperidine rings is 1. The normalized spacial score (nSPS) is 20.0. The van der Waals surface area contributed by atoms with Gasteiger partial charge in [0.1, 0.15) is 22.1 Å². The molecule has 0 bridgehead atoms. The number of esters is 1. The lowest BCUT2D eigenvalue weighted by atomic mass is 9.97. The van der Waals surface area contributed by atoms with Crippen LogP contribution in [0.2, 0.25) is 10.0 Å². The molecule has 3 fully saturated rings. The van der Waals surface area contributed by atoms with Gasteiger partial charge in [-0.15, -0.1) is 11.3 Å². The molecule has 0 aliphatic carbocycles. The Morgan fingerprint density at radius 3 is 2.51 bits per heavy atom. The third kappa shape index (κ3) is 7.48. The molecule has 0 saturated carbocycles. The van der Waals surface area contributed by atoms with Gasteiger partial charge in [-0.2, -0.15) is 0 Å². The van der Waals surface area contributed by atoms with Crippen molar-refractivity contribution in [3.63, 3.8) is 0 Å². The number of carbonyl (C=O) groups is 3. The van der Waals surface area contributed by atoms with Crippen LogP contribution in [0.25, 0.3) is 10.6 Å². The predicted octanol–water partition coefficient (Wildman–Crippen LogP) is 7.05. The van der Waals surface area contributed by atoms with Crippen LogP contribution in [0.1, 0.15) is 57.3 Å². The van der Waals surface area contributed by atoms with Crippen LogP contribution in [0.3, 0.4) is 0 Å². The summed E-state index contributed by atoms with van der Waals surface area (Å²) in [4.78, 5) is 54.8. The Morgan fingerprint density at radius 1 is 1.09 bits per heavy atom. The van der Waals surface area contributed by atoms with Gasteiger partial charge in [0.15, 0.2) is 5.13 Å². The predicted molar refractivity (Wildman–Crippen MR) is 186 cm³/mol. The number of likely N-dealkylation sites (tertiary alicyclic amines) is 1. The highest BCUT2D eigenvalue weighted by Crippen LogP contribution is 2.46. The minimum atomic E-state index is -0.562. The molecule has 2 unspecified atom stereocenters. The number of rotatable bonds is 7. The van der Waals surface area contributed by atoms with E-state index in [-0.39, 0.29) is 29.9 Å². The van der Waals surface area contributed by atoms with Crippen molar-refractivity contribution in [2.45, 2.75) is 58.6 Å². The third-order valence-corrected chi connectivity index (χ3v) is 11.2. The van der Waals surface area contributed by atoms with Crippen molar-refractivity contribution in [1.82, 2.24) is 14.9 Å². The van der Waals surface area contributed by atoms with E-state index in [1.54, 1.807) is 17.9 Å². The number of nitrogens with one attached hydrogen (secondary N) is 1. The highest BCUT2D eigenvalue weighted by atomic mass is 35.5. The molecule has 3 aliphatic heterocycles. The number of amides is 2. The van der Waals surface area contributed by atoms with Gasteiger partial charge >= 0.3 is 12.1 Å². The largest absolute Gasteiger partial charge is 0.466 e. The van der Waals surface area contributed by atoms with Crippen molar-refractivity contribution in [3.05, 3.63) is 39.3 Å². The third-order valence-electron chi connectivity index (χ3n) is 8.59. The number of anilines is 3. The lowest BCUT2D eigenvalue weighted by Gasteiger charge is -2.32. The highest BCUT2D eigenvalue weighted by molar-refractivity contribution is 7.21. The molecule has 2 amide bonds. The lowest BCUT2D eigenvalue weighted by molar-refractivity contribution is -0.148. The number of carbonyl (C=O) groups excluding carboxylic acids is 3. The summed E-state index contributed by atoms with van der Waals surface area (Å²) in [6.07, 6.45) is 3.46. The zero-order valence-corrected chi connectivity index (χ0v) is 29.9. The number of hydrogen-bond acceptors (Lipinski definition) is 11. The van der Waals surface area contributed by atoms with E-state index in [9.17, 15) is 14.4 Å². The summed E-state index contributed by atoms with van der Waals surface area (Å²) in [5, 5.41) is 7.16. The number of fused-ring (bicyclic) bond motifs is 1. The highest BCUT2D eigenvalue weighted by Gasteiger charge is 2.45. The average molecular weight is 722 g/mol. The van der Waals surface area contributed by atoms with Gasteiger partial charge in [0, 0.05) is 50.2 Å². The number of aromatic nitrogens is 2. The van der Waals surface area contributed by atoms with Crippen LogP contribution in [0.15, 0.2) is 23.7 Å². The first-order valence-corrected chi connectivity index (χ1v) is 18.2. The second kappa shape index (κ2) is 13.8. The average Bonchev–Trinajstić information content (AvgIpc) is 3.80. The number of thiazole rings is 1. The molecule has 1 N–H and O–H groups in total. The van der Waals surface area contributed by atoms with E-state index < -0.39 is 5.60 Å². The first-order chi connectivity index (χ1) is 22.4. The quantitative estimate of drug-likeness (QED) is 0.256. The molecule has 47 heavy (non-hydrogen) atoms. The van der Waals surface area contributed by atoms with E-state index in [4.69, 9.17) is 37.7 Å². The van der Waals surface area contributed by atoms with Gasteiger partial charge in [-0.3, -0.25) is 14.9 Å². The second-order valence-electron chi connectivity index (χ2n) is 13.0. The van der Waals surface area contributed by atoms with Crippen LogP contribution in [0.5, 0.6) is 0 Å². The Morgan fingerprint density at radius 2 is 1.85 bits per heavy atom. The van der Waals surface area contributed by atoms with Crippen LogP contribution in [0.4, 0.5) is 20.7 Å². The smallest absolute Gasteiger partial charge is 0.410 e. The van der Waals surface area contributed by atoms with E-state index in [1.807, 2.05) is 37.1 Å². The molecule has 3 aliphatic rings. The monoisotopic (exact) mass is 720 g/mol. The fourth-order valence-corrected chi connectivity index (χ4v) is 8.87. The number of ether oxygens (including phenoxy) is 2. The minimum Gasteiger partial charge on any atom is -0.466 e. The van der Waals surface area contributed by atoms with Crippen LogP contribution in [-0.2, 0) is 14.3 Å². The fraction of sp³-hybridized carbons (Fsp3) is 0.531. The minimum absolute atomic E-state index is 0.110. The van der Waals surface area contributed by atoms with E-state index in [0.717, 1.165) is 28.5 Å². The van der Waals surface area contributed by atoms with Crippen molar-refractivity contribution < 1.29 is 23.9 Å². The molecular weight excluding hydrogens is 683 g/mol. The Balaban J connectivity index is 1.17. The molecule has 252 valence electrons. The van der Waals surface area contributed by atoms with Crippen molar-refractivity contribution in [3.8, 4) is 10.6 Å². The van der Waals surface area contributed by atoms with E-state index in [2.05, 4.69) is 15.2 Å². The first kappa shape index (κ1) is 33.8. The van der Waals surface area contributed by atoms with Gasteiger partial charge in [0.05, 0.1) is 39.1 Å². The van der Waals surface area contributed by atoms with Crippen molar-refractivity contribution in [2.24, 2.45) is 11.8 Å². The molecule has 15 heteroatoms. The molecular formula is C32H38Cl2N6O5S2. The topological polar surface area (TPSA) is 117 Å². The maximum Gasteiger partial charge on any atom is 0.410 e. The van der Waals surface area contributed by atoms with Gasteiger partial charge in [-0.05, 0) is 59.1 Å². The van der Waals surface area contributed by atoms with Crippen LogP contribution < -0.4 is 15.1 Å². The Hall–Kier alpha value is -3.13. The summed E-state index contributed by atoms with van der Waals surface area (Å²) < 4.78 is 10.8. The molecule has 3 aromatic rings. The molecule has 0 radical (unpaired) electrons. The lowest BCUT2D eigenvalue weighted by Crippen LogP contribution is -2.39. The second-order valence-corrected chi connectivity index (χ2v) is 15.7. The van der Waals surface area contributed by atoms with Gasteiger partial charge in [0.25, 0.3) is 5.91 Å². The van der Waals surface area contributed by atoms with Gasteiger partial charge in [-0.1, -0.05) is 34.5 Å². The standard InChI is InChI=1S/C32H38Cl2N6O5S2/c1-5-44-29(42)18-6-9-38(10-7-18)26-22(34)12-20(14-35-26)27(41)37-30-36-25(24-13-21(33)17-46-24)28(47-30)40-11-8-19-15-39(16-23(19)40)31(43)45-32(2,3)4/h12-14,17-19,23H,5-11,15-16H2,1-4H3,(H,36,37,41). The van der Waals surface area contributed by atoms with Gasteiger partial charge in [-0.25, -0.2) is 14.8 Å². The zero-order chi connectivity index (χ0) is 33.5. The Kier molecular flexibility index (Phi) is 9.89. The van der Waals surface area contributed by atoms with Crippen LogP contribution in [0, 0.1) is 11.8 Å². The van der Waals surface area contributed by atoms with E-state index in [0.29, 0.717) is 78.1 Å². The SMILES string of the molecule is CCOC(=O)C1CCN(c2ncc(C(=O)Nc3nc(-c4cc(Cl)cs4)c(N4CCC5CN(C(=O)OC(C)(C)C)CC54)s3)cc2Cl)CC1. The summed E-state index contributed by atoms with van der Waals surface area (Å²) in [6, 6.07) is 3.60. The molecule has 2 atom stereocenters. The first-order valence-electron chi connectivity index (χ1n) is 15.8. The summed E-state index contributed by atoms with van der Waals surface area (Å²) in [5.74, 6) is 0.228. The van der Waals surface area contributed by atoms with Crippen molar-refractivity contribution in [1.29, 1.82) is 0 Å². The van der Waals surface area contributed by atoms with Crippen molar-refractivity contribution >= 4 is 79.8 Å². The Bertz CT molecular complexity index is 1650. The fourth-order valence-electron chi connectivity index (χ4n) is 6.39. The van der Waals surface area contributed by atoms with Crippen molar-refractivity contribution in [2.75, 3.05) is 54.4 Å². The molecule has 3 saturated heterocycles. The molecule has 11 nitrogen and oxygen atoms in total. The van der Waals surface area contributed by atoms with Crippen LogP contribution in [-0.4, -0.2) is 83.8 Å². The van der Waals surface area contributed by atoms with E-state index >= 15 is 0 Å². The molecule has 0 aromatic carbocycles. The molecule has 0 spiro atoms. The molecule has 6 heterocycles. The van der Waals surface area contributed by atoms with Crippen LogP contribution >= 0.6 is 45.9 Å². The van der Waals surface area contributed by atoms with E-state index in [1.165, 1.54) is 28.9 Å². The maximum absolute atomic E-state index is 13.4. The summed E-state index contributed by atoms with van der Waals surface area (Å²) in [5.41, 5.74) is 0.493. The number of pyridine rings is 1. The summed E-state index contributed by atoms with van der Waals surface area (Å²) >= 11 is 15.8. The number of halogens is 2. The Labute approximate surface area is 292 Å². The number of nitrogens with zero attached hydrogens (tertiary/aromatic N) is 5. The maximum atomic E-state index is 13.4. The molecule has 6 rings (SSSR count). The van der Waals surface area contributed by atoms with Gasteiger partial charge < -0.3 is 24.2 Å².